The van der Waals surface area contributed by atoms with Gasteiger partial charge in [0.2, 0.25) is 0 Å². The number of thiazole rings is 1. The molecule has 1 saturated carbocycles. The van der Waals surface area contributed by atoms with Gasteiger partial charge in [-0.2, -0.15) is 0 Å². The van der Waals surface area contributed by atoms with Crippen molar-refractivity contribution < 1.29 is 9.90 Å². The number of aliphatic carboxylic acids is 1. The van der Waals surface area contributed by atoms with Crippen LogP contribution in [-0.4, -0.2) is 46.1 Å². The third-order valence-electron chi connectivity index (χ3n) is 3.44. The smallest absolute Gasteiger partial charge is 0.317 e. The molecule has 0 aromatic carbocycles. The summed E-state index contributed by atoms with van der Waals surface area (Å²) in [6, 6.07) is 0.842. The summed E-state index contributed by atoms with van der Waals surface area (Å²) in [5.74, 6) is -0.754. The number of halogens is 1. The van der Waals surface area contributed by atoms with Gasteiger partial charge in [0.15, 0.2) is 0 Å². The lowest BCUT2D eigenvalue weighted by Crippen LogP contribution is -2.53. The summed E-state index contributed by atoms with van der Waals surface area (Å²) in [7, 11) is 0. The van der Waals surface area contributed by atoms with Crippen molar-refractivity contribution in [2.75, 3.05) is 13.1 Å². The van der Waals surface area contributed by atoms with E-state index in [1.165, 1.54) is 11.3 Å². The molecule has 1 heterocycles. The van der Waals surface area contributed by atoms with E-state index in [1.54, 1.807) is 6.20 Å². The zero-order chi connectivity index (χ0) is 13.8. The Labute approximate surface area is 121 Å². The van der Waals surface area contributed by atoms with Crippen LogP contribution in [0.25, 0.3) is 0 Å². The molecule has 0 amide bonds. The van der Waals surface area contributed by atoms with Gasteiger partial charge in [-0.25, -0.2) is 4.98 Å². The highest BCUT2D eigenvalue weighted by molar-refractivity contribution is 7.15. The van der Waals surface area contributed by atoms with E-state index in [2.05, 4.69) is 10.3 Å². The molecule has 0 atom stereocenters. The molecule has 1 fully saturated rings. The molecule has 5 nitrogen and oxygen atoms in total. The van der Waals surface area contributed by atoms with Gasteiger partial charge in [0.1, 0.15) is 9.34 Å². The summed E-state index contributed by atoms with van der Waals surface area (Å²) >= 11 is 7.31. The number of hydrogen-bond acceptors (Lipinski definition) is 5. The van der Waals surface area contributed by atoms with E-state index < -0.39 is 5.97 Å². The van der Waals surface area contributed by atoms with E-state index >= 15 is 0 Å². The summed E-state index contributed by atoms with van der Waals surface area (Å²) in [5, 5.41) is 13.2. The average Bonchev–Trinajstić information content (AvgIpc) is 2.71. The third kappa shape index (κ3) is 4.14. The molecule has 19 heavy (non-hydrogen) atoms. The molecule has 1 aromatic rings. The fourth-order valence-electron chi connectivity index (χ4n) is 2.33. The second-order valence-corrected chi connectivity index (χ2v) is 6.46. The SMILES string of the molecule is CCN(CC(=O)O)C1CC(NCc2ncc(Cl)s2)C1. The molecule has 7 heteroatoms. The van der Waals surface area contributed by atoms with Crippen LogP contribution in [-0.2, 0) is 11.3 Å². The van der Waals surface area contributed by atoms with Crippen LogP contribution in [0.4, 0.5) is 0 Å². The van der Waals surface area contributed by atoms with Gasteiger partial charge in [-0.05, 0) is 19.4 Å². The monoisotopic (exact) mass is 303 g/mol. The molecule has 1 aromatic heterocycles. The quantitative estimate of drug-likeness (QED) is 0.804. The Bertz CT molecular complexity index is 434. The molecule has 0 saturated heterocycles. The number of hydrogen-bond donors (Lipinski definition) is 2. The Morgan fingerprint density at radius 3 is 2.95 bits per heavy atom. The molecule has 1 aliphatic rings. The topological polar surface area (TPSA) is 65.5 Å². The Balaban J connectivity index is 1.69. The summed E-state index contributed by atoms with van der Waals surface area (Å²) in [6.07, 6.45) is 3.67. The largest absolute Gasteiger partial charge is 0.480 e. The van der Waals surface area contributed by atoms with Crippen molar-refractivity contribution in [3.63, 3.8) is 0 Å². The van der Waals surface area contributed by atoms with E-state index in [0.717, 1.165) is 30.9 Å². The van der Waals surface area contributed by atoms with E-state index in [1.807, 2.05) is 11.8 Å². The number of aromatic nitrogens is 1. The Kier molecular flexibility index (Phi) is 5.15. The first-order valence-electron chi connectivity index (χ1n) is 6.38. The highest BCUT2D eigenvalue weighted by atomic mass is 35.5. The van der Waals surface area contributed by atoms with Crippen molar-refractivity contribution in [1.29, 1.82) is 0 Å². The fourth-order valence-corrected chi connectivity index (χ4v) is 3.23. The number of carboxylic acids is 1. The van der Waals surface area contributed by atoms with Crippen molar-refractivity contribution in [2.45, 2.75) is 38.4 Å². The summed E-state index contributed by atoms with van der Waals surface area (Å²) < 4.78 is 0.710. The first kappa shape index (κ1) is 14.7. The van der Waals surface area contributed by atoms with Crippen LogP contribution >= 0.6 is 22.9 Å². The van der Waals surface area contributed by atoms with Gasteiger partial charge < -0.3 is 10.4 Å². The summed E-state index contributed by atoms with van der Waals surface area (Å²) in [4.78, 5) is 16.9. The fraction of sp³-hybridized carbons (Fsp3) is 0.667. The minimum Gasteiger partial charge on any atom is -0.480 e. The van der Waals surface area contributed by atoms with Crippen molar-refractivity contribution in [3.8, 4) is 0 Å². The van der Waals surface area contributed by atoms with E-state index in [0.29, 0.717) is 16.4 Å². The van der Waals surface area contributed by atoms with E-state index in [4.69, 9.17) is 16.7 Å². The average molecular weight is 304 g/mol. The lowest BCUT2D eigenvalue weighted by Gasteiger charge is -2.42. The predicted molar refractivity (Wildman–Crippen MR) is 75.7 cm³/mol. The van der Waals surface area contributed by atoms with Gasteiger partial charge >= 0.3 is 5.97 Å². The van der Waals surface area contributed by atoms with Crippen LogP contribution in [0.15, 0.2) is 6.20 Å². The molecule has 2 rings (SSSR count). The molecule has 0 unspecified atom stereocenters. The first-order valence-corrected chi connectivity index (χ1v) is 7.57. The second-order valence-electron chi connectivity index (χ2n) is 4.72. The molecular weight excluding hydrogens is 286 g/mol. The number of nitrogens with one attached hydrogen (secondary N) is 1. The molecule has 1 aliphatic carbocycles. The molecule has 0 aliphatic heterocycles. The van der Waals surface area contributed by atoms with Gasteiger partial charge in [0, 0.05) is 18.6 Å². The maximum atomic E-state index is 10.7. The zero-order valence-electron chi connectivity index (χ0n) is 10.8. The Hall–Kier alpha value is -0.690. The molecule has 0 bridgehead atoms. The molecule has 0 radical (unpaired) electrons. The van der Waals surface area contributed by atoms with Crippen LogP contribution < -0.4 is 5.32 Å². The van der Waals surface area contributed by atoms with Crippen LogP contribution in [0.1, 0.15) is 24.8 Å². The van der Waals surface area contributed by atoms with Gasteiger partial charge in [0.25, 0.3) is 0 Å². The minimum absolute atomic E-state index is 0.135. The van der Waals surface area contributed by atoms with Gasteiger partial charge in [-0.15, -0.1) is 11.3 Å². The lowest BCUT2D eigenvalue weighted by molar-refractivity contribution is -0.139. The Morgan fingerprint density at radius 2 is 2.42 bits per heavy atom. The predicted octanol–water partition coefficient (Wildman–Crippen LogP) is 1.82. The number of rotatable bonds is 7. The van der Waals surface area contributed by atoms with E-state index in [-0.39, 0.29) is 6.54 Å². The molecule has 106 valence electrons. The van der Waals surface area contributed by atoms with Crippen LogP contribution in [0.3, 0.4) is 0 Å². The number of carbonyl (C=O) groups is 1. The number of nitrogens with zero attached hydrogens (tertiary/aromatic N) is 2. The summed E-state index contributed by atoms with van der Waals surface area (Å²) in [6.45, 7) is 3.66. The van der Waals surface area contributed by atoms with Crippen LogP contribution in [0, 0.1) is 0 Å². The van der Waals surface area contributed by atoms with Gasteiger partial charge in [-0.1, -0.05) is 18.5 Å². The molecule has 0 spiro atoms. The maximum Gasteiger partial charge on any atom is 0.317 e. The van der Waals surface area contributed by atoms with Crippen molar-refractivity contribution in [1.82, 2.24) is 15.2 Å². The highest BCUT2D eigenvalue weighted by Crippen LogP contribution is 2.26. The number of likely N-dealkylation sites (N-methyl/N-ethyl adjacent to an activating group) is 1. The van der Waals surface area contributed by atoms with Crippen LogP contribution in [0.5, 0.6) is 0 Å². The van der Waals surface area contributed by atoms with Gasteiger partial charge in [-0.3, -0.25) is 9.69 Å². The third-order valence-corrected chi connectivity index (χ3v) is 4.56. The zero-order valence-corrected chi connectivity index (χ0v) is 12.4. The standard InChI is InChI=1S/C12H18ClN3O2S/c1-2-16(7-12(17)18)9-3-8(4-9)14-6-11-15-5-10(13)19-11/h5,8-9,14H,2-4,6-7H2,1H3,(H,17,18). The minimum atomic E-state index is -0.754. The maximum absolute atomic E-state index is 10.7. The molecule has 2 N–H and O–H groups in total. The van der Waals surface area contributed by atoms with Crippen molar-refractivity contribution in [3.05, 3.63) is 15.5 Å². The second kappa shape index (κ2) is 6.65. The normalized spacial score (nSPS) is 22.5. The lowest BCUT2D eigenvalue weighted by atomic mass is 9.85. The first-order chi connectivity index (χ1) is 9.08. The van der Waals surface area contributed by atoms with Crippen LogP contribution in [0.2, 0.25) is 4.34 Å². The number of carboxylic acid groups (broad SMARTS) is 1. The van der Waals surface area contributed by atoms with E-state index in [9.17, 15) is 4.79 Å². The molecular formula is C12H18ClN3O2S. The highest BCUT2D eigenvalue weighted by Gasteiger charge is 2.33. The Morgan fingerprint density at radius 1 is 1.68 bits per heavy atom. The van der Waals surface area contributed by atoms with Gasteiger partial charge in [0.05, 0.1) is 12.7 Å². The summed E-state index contributed by atoms with van der Waals surface area (Å²) in [5.41, 5.74) is 0. The van der Waals surface area contributed by atoms with Crippen molar-refractivity contribution >= 4 is 28.9 Å². The van der Waals surface area contributed by atoms with Crippen molar-refractivity contribution in [2.24, 2.45) is 0 Å².